The summed E-state index contributed by atoms with van der Waals surface area (Å²) >= 11 is 13.0. The summed E-state index contributed by atoms with van der Waals surface area (Å²) in [6, 6.07) is 0.343. The normalized spacial score (nSPS) is 11.9. The Hall–Kier alpha value is -0.980. The van der Waals surface area contributed by atoms with Gasteiger partial charge in [-0.1, -0.05) is 23.2 Å². The van der Waals surface area contributed by atoms with Crippen LogP contribution in [0.25, 0.3) is 0 Å². The van der Waals surface area contributed by atoms with Gasteiger partial charge in [0.05, 0.1) is 10.6 Å². The van der Waals surface area contributed by atoms with Crippen LogP contribution in [0.3, 0.4) is 0 Å². The molecule has 1 atom stereocenters. The zero-order chi connectivity index (χ0) is 14.4. The van der Waals surface area contributed by atoms with Gasteiger partial charge >= 0.3 is 5.97 Å². The minimum Gasteiger partial charge on any atom is -0.480 e. The molecule has 5 nitrogen and oxygen atoms in total. The molecule has 1 aromatic rings. The molecule has 0 aromatic carbocycles. The van der Waals surface area contributed by atoms with Gasteiger partial charge in [0, 0.05) is 6.20 Å². The number of halogens is 2. The van der Waals surface area contributed by atoms with Gasteiger partial charge in [-0.3, -0.25) is 4.79 Å². The second-order valence-corrected chi connectivity index (χ2v) is 5.41. The molecule has 0 bridgehead atoms. The molecule has 0 spiro atoms. The number of hydrogen-bond donors (Lipinski definition) is 2. The first-order valence-electron chi connectivity index (χ1n) is 5.29. The van der Waals surface area contributed by atoms with Crippen molar-refractivity contribution in [3.05, 3.63) is 28.0 Å². The molecule has 19 heavy (non-hydrogen) atoms. The topological polar surface area (TPSA) is 79.3 Å². The Morgan fingerprint density at radius 1 is 1.53 bits per heavy atom. The van der Waals surface area contributed by atoms with Crippen molar-refractivity contribution < 1.29 is 14.7 Å². The van der Waals surface area contributed by atoms with Crippen LogP contribution < -0.4 is 5.32 Å². The molecule has 8 heteroatoms. The van der Waals surface area contributed by atoms with Gasteiger partial charge < -0.3 is 10.4 Å². The third-order valence-corrected chi connectivity index (χ3v) is 3.43. The molecule has 1 amide bonds. The summed E-state index contributed by atoms with van der Waals surface area (Å²) in [5, 5.41) is 11.7. The highest BCUT2D eigenvalue weighted by molar-refractivity contribution is 7.98. The molecule has 1 aromatic heterocycles. The number of hydrogen-bond acceptors (Lipinski definition) is 4. The van der Waals surface area contributed by atoms with E-state index in [2.05, 4.69) is 10.3 Å². The van der Waals surface area contributed by atoms with Crippen LogP contribution in [0.1, 0.15) is 16.8 Å². The summed E-state index contributed by atoms with van der Waals surface area (Å²) in [4.78, 5) is 26.7. The molecule has 0 saturated carbocycles. The number of nitrogens with one attached hydrogen (secondary N) is 1. The number of amides is 1. The third-order valence-electron chi connectivity index (χ3n) is 2.28. The Kier molecular flexibility index (Phi) is 6.41. The number of carboxylic acid groups (broad SMARTS) is 1. The standard InChI is InChI=1S/C11H12Cl2N2O3S/c1-19-3-2-8(11(17)18)15-10(16)6-4-9(13)14-5-7(6)12/h4-5,8H,2-3H2,1H3,(H,15,16)(H,17,18). The van der Waals surface area contributed by atoms with E-state index in [1.54, 1.807) is 0 Å². The highest BCUT2D eigenvalue weighted by Crippen LogP contribution is 2.18. The van der Waals surface area contributed by atoms with Crippen molar-refractivity contribution in [3.63, 3.8) is 0 Å². The van der Waals surface area contributed by atoms with Crippen molar-refractivity contribution in [1.29, 1.82) is 0 Å². The molecule has 0 aliphatic heterocycles. The molecule has 0 fully saturated rings. The molecule has 0 aliphatic rings. The number of pyridine rings is 1. The summed E-state index contributed by atoms with van der Waals surface area (Å²) in [7, 11) is 0. The van der Waals surface area contributed by atoms with Crippen LogP contribution in [0.5, 0.6) is 0 Å². The number of carbonyl (C=O) groups excluding carboxylic acids is 1. The average molecular weight is 323 g/mol. The summed E-state index contributed by atoms with van der Waals surface area (Å²) in [5.74, 6) is -1.04. The second-order valence-electron chi connectivity index (χ2n) is 3.63. The lowest BCUT2D eigenvalue weighted by molar-refractivity contribution is -0.139. The fourth-order valence-electron chi connectivity index (χ4n) is 1.32. The molecule has 104 valence electrons. The number of rotatable bonds is 6. The first-order chi connectivity index (χ1) is 8.95. The fourth-order valence-corrected chi connectivity index (χ4v) is 2.13. The Labute approximate surface area is 124 Å². The molecule has 1 heterocycles. The Morgan fingerprint density at radius 2 is 2.21 bits per heavy atom. The van der Waals surface area contributed by atoms with Gasteiger partial charge in [0.2, 0.25) is 0 Å². The summed E-state index contributed by atoms with van der Waals surface area (Å²) in [5.41, 5.74) is 0.108. The van der Waals surface area contributed by atoms with Crippen molar-refractivity contribution >= 4 is 46.8 Å². The van der Waals surface area contributed by atoms with Gasteiger partial charge in [-0.15, -0.1) is 0 Å². The monoisotopic (exact) mass is 322 g/mol. The number of aromatic nitrogens is 1. The van der Waals surface area contributed by atoms with Crippen LogP contribution in [0, 0.1) is 0 Å². The molecule has 0 saturated heterocycles. The molecule has 2 N–H and O–H groups in total. The fraction of sp³-hybridized carbons (Fsp3) is 0.364. The van der Waals surface area contributed by atoms with E-state index >= 15 is 0 Å². The van der Waals surface area contributed by atoms with Crippen LogP contribution in [0.2, 0.25) is 10.2 Å². The van der Waals surface area contributed by atoms with E-state index in [1.807, 2.05) is 6.26 Å². The smallest absolute Gasteiger partial charge is 0.326 e. The van der Waals surface area contributed by atoms with Gasteiger partial charge in [-0.2, -0.15) is 11.8 Å². The average Bonchev–Trinajstić information content (AvgIpc) is 2.36. The highest BCUT2D eigenvalue weighted by atomic mass is 35.5. The van der Waals surface area contributed by atoms with Gasteiger partial charge in [0.25, 0.3) is 5.91 Å². The van der Waals surface area contributed by atoms with Gasteiger partial charge in [-0.05, 0) is 24.5 Å². The molecule has 0 radical (unpaired) electrons. The number of carbonyl (C=O) groups is 2. The summed E-state index contributed by atoms with van der Waals surface area (Å²) < 4.78 is 0. The molecular formula is C11H12Cl2N2O3S. The summed E-state index contributed by atoms with van der Waals surface area (Å²) in [6.07, 6.45) is 3.44. The molecule has 0 aliphatic carbocycles. The lowest BCUT2D eigenvalue weighted by atomic mass is 10.2. The Balaban J connectivity index is 2.81. The lowest BCUT2D eigenvalue weighted by Crippen LogP contribution is -2.41. The zero-order valence-electron chi connectivity index (χ0n) is 10.0. The highest BCUT2D eigenvalue weighted by Gasteiger charge is 2.21. The van der Waals surface area contributed by atoms with Crippen LogP contribution >= 0.6 is 35.0 Å². The number of carboxylic acids is 1. The predicted molar refractivity (Wildman–Crippen MR) is 76.1 cm³/mol. The number of aliphatic carboxylic acids is 1. The van der Waals surface area contributed by atoms with Crippen molar-refractivity contribution in [2.75, 3.05) is 12.0 Å². The maximum absolute atomic E-state index is 11.9. The van der Waals surface area contributed by atoms with Crippen LogP contribution in [-0.4, -0.2) is 40.0 Å². The zero-order valence-corrected chi connectivity index (χ0v) is 12.3. The van der Waals surface area contributed by atoms with E-state index < -0.39 is 17.9 Å². The van der Waals surface area contributed by atoms with E-state index in [4.69, 9.17) is 28.3 Å². The summed E-state index contributed by atoms with van der Waals surface area (Å²) in [6.45, 7) is 0. The third kappa shape index (κ3) is 4.89. The van der Waals surface area contributed by atoms with Crippen LogP contribution in [0.4, 0.5) is 0 Å². The minimum absolute atomic E-state index is 0.108. The van der Waals surface area contributed by atoms with E-state index in [0.717, 1.165) is 0 Å². The molecule has 1 rings (SSSR count). The first kappa shape index (κ1) is 16.1. The van der Waals surface area contributed by atoms with Gasteiger partial charge in [0.15, 0.2) is 0 Å². The maximum Gasteiger partial charge on any atom is 0.326 e. The van der Waals surface area contributed by atoms with Gasteiger partial charge in [-0.25, -0.2) is 9.78 Å². The van der Waals surface area contributed by atoms with E-state index in [9.17, 15) is 9.59 Å². The first-order valence-corrected chi connectivity index (χ1v) is 7.44. The van der Waals surface area contributed by atoms with E-state index in [-0.39, 0.29) is 15.7 Å². The predicted octanol–water partition coefficient (Wildman–Crippen LogP) is 2.32. The number of thioether (sulfide) groups is 1. The maximum atomic E-state index is 11.9. The largest absolute Gasteiger partial charge is 0.480 e. The SMILES string of the molecule is CSCCC(NC(=O)c1cc(Cl)ncc1Cl)C(=O)O. The Bertz CT molecular complexity index is 485. The van der Waals surface area contributed by atoms with Crippen molar-refractivity contribution in [3.8, 4) is 0 Å². The van der Waals surface area contributed by atoms with Crippen LogP contribution in [-0.2, 0) is 4.79 Å². The van der Waals surface area contributed by atoms with Crippen molar-refractivity contribution in [2.24, 2.45) is 0 Å². The van der Waals surface area contributed by atoms with Crippen LogP contribution in [0.15, 0.2) is 12.3 Å². The number of nitrogens with zero attached hydrogens (tertiary/aromatic N) is 1. The van der Waals surface area contributed by atoms with Crippen molar-refractivity contribution in [2.45, 2.75) is 12.5 Å². The molecular weight excluding hydrogens is 311 g/mol. The van der Waals surface area contributed by atoms with E-state index in [0.29, 0.717) is 12.2 Å². The molecule has 1 unspecified atom stereocenters. The Morgan fingerprint density at radius 3 is 2.79 bits per heavy atom. The van der Waals surface area contributed by atoms with E-state index in [1.165, 1.54) is 24.0 Å². The minimum atomic E-state index is -1.08. The second kappa shape index (κ2) is 7.57. The quantitative estimate of drug-likeness (QED) is 0.786. The lowest BCUT2D eigenvalue weighted by Gasteiger charge is -2.14. The van der Waals surface area contributed by atoms with Gasteiger partial charge in [0.1, 0.15) is 11.2 Å². The van der Waals surface area contributed by atoms with Crippen molar-refractivity contribution in [1.82, 2.24) is 10.3 Å².